The molecule has 162 valence electrons. The number of nitrogens with one attached hydrogen (secondary N) is 1. The molecule has 2 aliphatic rings. The molecule has 0 spiro atoms. The first-order valence-electron chi connectivity index (χ1n) is 10.7. The first-order valence-corrected chi connectivity index (χ1v) is 11.1. The minimum atomic E-state index is -0.642. The molecule has 2 fully saturated rings. The van der Waals surface area contributed by atoms with Gasteiger partial charge in [-0.15, -0.1) is 0 Å². The lowest BCUT2D eigenvalue weighted by atomic mass is 10.0. The number of imide groups is 2. The number of urea groups is 1. The van der Waals surface area contributed by atoms with Gasteiger partial charge in [0.1, 0.15) is 5.57 Å². The van der Waals surface area contributed by atoms with Gasteiger partial charge in [-0.3, -0.25) is 19.8 Å². The summed E-state index contributed by atoms with van der Waals surface area (Å²) in [5, 5.41) is 3.02. The maximum Gasteiger partial charge on any atom is 0.331 e. The van der Waals surface area contributed by atoms with E-state index in [1.54, 1.807) is 6.08 Å². The Morgan fingerprint density at radius 3 is 2.29 bits per heavy atom. The number of barbiturate groups is 1. The molecule has 1 aromatic heterocycles. The van der Waals surface area contributed by atoms with E-state index >= 15 is 0 Å². The molecule has 7 heteroatoms. The molecule has 4 rings (SSSR count). The number of nitrogens with zero attached hydrogens (tertiary/aromatic N) is 2. The maximum atomic E-state index is 13.2. The fourth-order valence-electron chi connectivity index (χ4n) is 4.60. The van der Waals surface area contributed by atoms with Gasteiger partial charge in [0.15, 0.2) is 0 Å². The molecular weight excluding hydrogens is 414 g/mol. The fraction of sp³-hybridized carbons (Fsp3) is 0.375. The van der Waals surface area contributed by atoms with Crippen LogP contribution in [0.1, 0.15) is 55.5 Å². The third-order valence-electron chi connectivity index (χ3n) is 6.18. The van der Waals surface area contributed by atoms with E-state index in [0.717, 1.165) is 61.2 Å². The molecule has 2 aromatic rings. The van der Waals surface area contributed by atoms with Crippen LogP contribution in [0.4, 0.5) is 4.79 Å². The highest BCUT2D eigenvalue weighted by Gasteiger charge is 2.40. The molecular formula is C24H26ClN3O3. The van der Waals surface area contributed by atoms with Crippen molar-refractivity contribution in [3.63, 3.8) is 0 Å². The molecule has 6 nitrogen and oxygen atoms in total. The number of benzene rings is 1. The number of carbonyl (C=O) groups excluding carboxylic acids is 3. The Balaban J connectivity index is 1.69. The van der Waals surface area contributed by atoms with Gasteiger partial charge < -0.3 is 4.57 Å². The van der Waals surface area contributed by atoms with E-state index in [-0.39, 0.29) is 11.6 Å². The molecule has 1 N–H and O–H groups in total. The third-order valence-corrected chi connectivity index (χ3v) is 6.43. The van der Waals surface area contributed by atoms with Crippen LogP contribution in [-0.2, 0) is 9.59 Å². The standard InChI is InChI=1S/C24H26ClN3O3/c1-15-13-17(16(2)27(15)20-11-9-18(25)10-12-20)14-21-22(29)26-24(31)28(23(21)30)19-7-5-3-4-6-8-19/h9-14,19H,3-8H2,1-2H3,(H,26,29,31)/b21-14-. The van der Waals surface area contributed by atoms with Gasteiger partial charge in [-0.1, -0.05) is 37.3 Å². The zero-order valence-corrected chi connectivity index (χ0v) is 18.5. The second-order valence-corrected chi connectivity index (χ2v) is 8.71. The van der Waals surface area contributed by atoms with Crippen molar-refractivity contribution in [1.29, 1.82) is 0 Å². The Morgan fingerprint density at radius 1 is 1.00 bits per heavy atom. The molecule has 2 heterocycles. The highest BCUT2D eigenvalue weighted by atomic mass is 35.5. The number of rotatable bonds is 3. The lowest BCUT2D eigenvalue weighted by molar-refractivity contribution is -0.131. The molecule has 4 amide bonds. The number of aromatic nitrogens is 1. The van der Waals surface area contributed by atoms with Gasteiger partial charge in [-0.25, -0.2) is 4.79 Å². The smallest absolute Gasteiger partial charge is 0.318 e. The van der Waals surface area contributed by atoms with Gasteiger partial charge >= 0.3 is 6.03 Å². The van der Waals surface area contributed by atoms with Crippen molar-refractivity contribution in [3.05, 3.63) is 57.9 Å². The van der Waals surface area contributed by atoms with Crippen molar-refractivity contribution in [1.82, 2.24) is 14.8 Å². The van der Waals surface area contributed by atoms with Crippen molar-refractivity contribution in [2.24, 2.45) is 0 Å². The molecule has 0 atom stereocenters. The molecule has 0 radical (unpaired) electrons. The molecule has 31 heavy (non-hydrogen) atoms. The third kappa shape index (κ3) is 4.17. The minimum absolute atomic E-state index is 0.000188. The Bertz CT molecular complexity index is 1060. The van der Waals surface area contributed by atoms with Crippen molar-refractivity contribution in [2.75, 3.05) is 0 Å². The molecule has 0 unspecified atom stereocenters. The lowest BCUT2D eigenvalue weighted by Crippen LogP contribution is -2.57. The van der Waals surface area contributed by atoms with Crippen molar-refractivity contribution in [2.45, 2.75) is 58.4 Å². The van der Waals surface area contributed by atoms with Crippen molar-refractivity contribution in [3.8, 4) is 5.69 Å². The van der Waals surface area contributed by atoms with Crippen molar-refractivity contribution < 1.29 is 14.4 Å². The molecule has 1 saturated heterocycles. The van der Waals surface area contributed by atoms with Crippen LogP contribution in [0.3, 0.4) is 0 Å². The summed E-state index contributed by atoms with van der Waals surface area (Å²) in [6.45, 7) is 3.90. The summed E-state index contributed by atoms with van der Waals surface area (Å²) >= 11 is 6.01. The quantitative estimate of drug-likeness (QED) is 0.418. The Morgan fingerprint density at radius 2 is 1.65 bits per heavy atom. The molecule has 1 saturated carbocycles. The van der Waals surface area contributed by atoms with E-state index in [1.807, 2.05) is 48.7 Å². The van der Waals surface area contributed by atoms with Crippen LogP contribution in [0.15, 0.2) is 35.9 Å². The highest BCUT2D eigenvalue weighted by molar-refractivity contribution is 6.31. The Kier molecular flexibility index (Phi) is 6.01. The zero-order chi connectivity index (χ0) is 22.1. The number of amides is 4. The summed E-state index contributed by atoms with van der Waals surface area (Å²) in [5.41, 5.74) is 3.57. The SMILES string of the molecule is Cc1cc(/C=C2/C(=O)NC(=O)N(C3CCCCCC3)C2=O)c(C)n1-c1ccc(Cl)cc1. The van der Waals surface area contributed by atoms with Crippen molar-refractivity contribution >= 4 is 35.5 Å². The topological polar surface area (TPSA) is 71.4 Å². The maximum absolute atomic E-state index is 13.2. The van der Waals surface area contributed by atoms with Crippen LogP contribution in [0.2, 0.25) is 5.02 Å². The van der Waals surface area contributed by atoms with E-state index in [1.165, 1.54) is 4.90 Å². The van der Waals surface area contributed by atoms with Gasteiger partial charge in [0.05, 0.1) is 0 Å². The van der Waals surface area contributed by atoms with Crippen LogP contribution in [-0.4, -0.2) is 33.4 Å². The van der Waals surface area contributed by atoms with E-state index in [4.69, 9.17) is 11.6 Å². The summed E-state index contributed by atoms with van der Waals surface area (Å²) in [7, 11) is 0. The number of halogens is 1. The number of carbonyl (C=O) groups is 3. The van der Waals surface area contributed by atoms with Gasteiger partial charge in [0.2, 0.25) is 0 Å². The minimum Gasteiger partial charge on any atom is -0.318 e. The molecule has 1 aliphatic carbocycles. The van der Waals surface area contributed by atoms with Crippen LogP contribution in [0, 0.1) is 13.8 Å². The first-order chi connectivity index (χ1) is 14.9. The summed E-state index contributed by atoms with van der Waals surface area (Å²) in [4.78, 5) is 39.5. The second kappa shape index (κ2) is 8.71. The van der Waals surface area contributed by atoms with Crippen LogP contribution >= 0.6 is 11.6 Å². The Hall–Kier alpha value is -2.86. The normalized spacial score (nSPS) is 19.6. The fourth-order valence-corrected chi connectivity index (χ4v) is 4.72. The van der Waals surface area contributed by atoms with E-state index < -0.39 is 17.8 Å². The van der Waals surface area contributed by atoms with Crippen LogP contribution < -0.4 is 5.32 Å². The Labute approximate surface area is 186 Å². The summed E-state index contributed by atoms with van der Waals surface area (Å²) < 4.78 is 2.04. The largest absolute Gasteiger partial charge is 0.331 e. The van der Waals surface area contributed by atoms with Gasteiger partial charge in [-0.2, -0.15) is 0 Å². The summed E-state index contributed by atoms with van der Waals surface area (Å²) in [5.74, 6) is -1.15. The van der Waals surface area contributed by atoms with Crippen LogP contribution in [0.25, 0.3) is 11.8 Å². The summed E-state index contributed by atoms with van der Waals surface area (Å²) in [6, 6.07) is 8.65. The second-order valence-electron chi connectivity index (χ2n) is 8.28. The lowest BCUT2D eigenvalue weighted by Gasteiger charge is -2.32. The highest BCUT2D eigenvalue weighted by Crippen LogP contribution is 2.28. The first kappa shape index (κ1) is 21.4. The zero-order valence-electron chi connectivity index (χ0n) is 17.8. The number of hydrogen-bond acceptors (Lipinski definition) is 3. The number of aryl methyl sites for hydroxylation is 1. The molecule has 0 bridgehead atoms. The van der Waals surface area contributed by atoms with Crippen LogP contribution in [0.5, 0.6) is 0 Å². The predicted octanol–water partition coefficient (Wildman–Crippen LogP) is 4.93. The molecule has 1 aliphatic heterocycles. The van der Waals surface area contributed by atoms with Gasteiger partial charge in [0, 0.05) is 28.1 Å². The predicted molar refractivity (Wildman–Crippen MR) is 120 cm³/mol. The molecule has 1 aromatic carbocycles. The average molecular weight is 440 g/mol. The van der Waals surface area contributed by atoms with E-state index in [2.05, 4.69) is 5.32 Å². The number of hydrogen-bond donors (Lipinski definition) is 1. The van der Waals surface area contributed by atoms with E-state index in [0.29, 0.717) is 5.02 Å². The average Bonchev–Trinajstić information content (AvgIpc) is 2.89. The monoisotopic (exact) mass is 439 g/mol. The van der Waals surface area contributed by atoms with Gasteiger partial charge in [-0.05, 0) is 68.7 Å². The van der Waals surface area contributed by atoms with E-state index in [9.17, 15) is 14.4 Å². The summed E-state index contributed by atoms with van der Waals surface area (Å²) in [6.07, 6.45) is 7.35. The van der Waals surface area contributed by atoms with Gasteiger partial charge in [0.25, 0.3) is 11.8 Å².